The summed E-state index contributed by atoms with van der Waals surface area (Å²) in [5.74, 6) is 0.264. The van der Waals surface area contributed by atoms with E-state index in [9.17, 15) is 17.6 Å². The van der Waals surface area contributed by atoms with Gasteiger partial charge in [-0.05, 0) is 30.7 Å². The second-order valence-electron chi connectivity index (χ2n) is 5.79. The van der Waals surface area contributed by atoms with Crippen LogP contribution >= 0.6 is 0 Å². The van der Waals surface area contributed by atoms with E-state index in [0.29, 0.717) is 35.7 Å². The number of fused-ring (bicyclic) bond motifs is 1. The number of aromatic nitrogens is 2. The first kappa shape index (κ1) is 15.7. The molecule has 2 heterocycles. The van der Waals surface area contributed by atoms with Crippen molar-refractivity contribution in [2.24, 2.45) is 0 Å². The molecule has 0 spiro atoms. The number of rotatable bonds is 2. The smallest absolute Gasteiger partial charge is 0.369 e. The molecule has 0 atom stereocenters. The van der Waals surface area contributed by atoms with Crippen molar-refractivity contribution < 1.29 is 17.6 Å². The molecule has 25 heavy (non-hydrogen) atoms. The summed E-state index contributed by atoms with van der Waals surface area (Å²) >= 11 is 0. The minimum absolute atomic E-state index is 0.298. The zero-order valence-corrected chi connectivity index (χ0v) is 12.9. The molecule has 0 unspecified atom stereocenters. The Hall–Kier alpha value is -2.83. The molecule has 1 aromatic heterocycles. The summed E-state index contributed by atoms with van der Waals surface area (Å²) in [6, 6.07) is 11.1. The zero-order valence-electron chi connectivity index (χ0n) is 12.9. The van der Waals surface area contributed by atoms with E-state index in [1.165, 1.54) is 22.9 Å². The molecule has 4 rings (SSSR count). The average Bonchev–Trinajstić information content (AvgIpc) is 3.17. The van der Waals surface area contributed by atoms with Crippen LogP contribution in [0.2, 0.25) is 0 Å². The van der Waals surface area contributed by atoms with Crippen LogP contribution in [0.3, 0.4) is 0 Å². The maximum Gasteiger partial charge on any atom is 0.416 e. The average molecular weight is 347 g/mol. The van der Waals surface area contributed by atoms with Gasteiger partial charge >= 0.3 is 6.18 Å². The quantitative estimate of drug-likeness (QED) is 0.683. The summed E-state index contributed by atoms with van der Waals surface area (Å²) in [4.78, 5) is 0. The van der Waals surface area contributed by atoms with Crippen molar-refractivity contribution in [3.8, 4) is 16.9 Å². The molecule has 0 bridgehead atoms. The summed E-state index contributed by atoms with van der Waals surface area (Å²) in [6.07, 6.45) is -3.70. The molecule has 0 saturated carbocycles. The Morgan fingerprint density at radius 1 is 1.00 bits per heavy atom. The number of halogens is 4. The van der Waals surface area contributed by atoms with Crippen LogP contribution in [0.1, 0.15) is 11.1 Å². The maximum atomic E-state index is 14.1. The molecule has 0 saturated heterocycles. The van der Waals surface area contributed by atoms with Gasteiger partial charge < -0.3 is 5.32 Å². The Morgan fingerprint density at radius 3 is 2.40 bits per heavy atom. The van der Waals surface area contributed by atoms with Gasteiger partial charge in [0.05, 0.1) is 11.3 Å². The Bertz CT molecular complexity index is 926. The van der Waals surface area contributed by atoms with Gasteiger partial charge in [-0.15, -0.1) is 0 Å². The molecule has 0 aliphatic carbocycles. The SMILES string of the molecule is Fc1ccccc1-n1nc(-c2ccc(C(F)(F)F)cc2)c2c1NCC2. The fourth-order valence-corrected chi connectivity index (χ4v) is 3.02. The number of alkyl halides is 3. The lowest BCUT2D eigenvalue weighted by atomic mass is 10.0. The third-order valence-electron chi connectivity index (χ3n) is 4.22. The van der Waals surface area contributed by atoms with Crippen LogP contribution in [0.5, 0.6) is 0 Å². The van der Waals surface area contributed by atoms with E-state index in [2.05, 4.69) is 10.4 Å². The third-order valence-corrected chi connectivity index (χ3v) is 4.22. The first-order valence-corrected chi connectivity index (χ1v) is 7.73. The number of anilines is 1. The third kappa shape index (κ3) is 2.65. The maximum absolute atomic E-state index is 14.1. The zero-order chi connectivity index (χ0) is 17.6. The van der Waals surface area contributed by atoms with Gasteiger partial charge in [0, 0.05) is 17.7 Å². The Kier molecular flexibility index (Phi) is 3.52. The summed E-state index contributed by atoms with van der Waals surface area (Å²) in [5.41, 5.74) is 1.61. The number of nitrogens with one attached hydrogen (secondary N) is 1. The van der Waals surface area contributed by atoms with Crippen LogP contribution in [0.4, 0.5) is 23.4 Å². The highest BCUT2D eigenvalue weighted by molar-refractivity contribution is 5.73. The summed E-state index contributed by atoms with van der Waals surface area (Å²) in [7, 11) is 0. The Morgan fingerprint density at radius 2 is 1.72 bits per heavy atom. The van der Waals surface area contributed by atoms with Gasteiger partial charge in [-0.2, -0.15) is 18.3 Å². The van der Waals surface area contributed by atoms with Gasteiger partial charge in [0.1, 0.15) is 17.3 Å². The topological polar surface area (TPSA) is 29.9 Å². The van der Waals surface area contributed by atoms with Gasteiger partial charge in [0.15, 0.2) is 0 Å². The van der Waals surface area contributed by atoms with E-state index in [-0.39, 0.29) is 0 Å². The molecule has 7 heteroatoms. The van der Waals surface area contributed by atoms with E-state index in [1.54, 1.807) is 18.2 Å². The van der Waals surface area contributed by atoms with Crippen molar-refractivity contribution >= 4 is 5.82 Å². The number of benzene rings is 2. The van der Waals surface area contributed by atoms with E-state index in [4.69, 9.17) is 0 Å². The van der Waals surface area contributed by atoms with Crippen LogP contribution in [-0.4, -0.2) is 16.3 Å². The van der Waals surface area contributed by atoms with Crippen molar-refractivity contribution in [1.29, 1.82) is 0 Å². The Labute approximate surface area is 140 Å². The van der Waals surface area contributed by atoms with Crippen LogP contribution in [-0.2, 0) is 12.6 Å². The summed E-state index contributed by atoms with van der Waals surface area (Å²) in [6.45, 7) is 0.676. The first-order chi connectivity index (χ1) is 11.9. The van der Waals surface area contributed by atoms with Crippen LogP contribution in [0.15, 0.2) is 48.5 Å². The molecule has 3 aromatic rings. The predicted molar refractivity (Wildman–Crippen MR) is 86.2 cm³/mol. The molecule has 2 aromatic carbocycles. The van der Waals surface area contributed by atoms with Crippen LogP contribution in [0.25, 0.3) is 16.9 Å². The Balaban J connectivity index is 1.82. The second-order valence-corrected chi connectivity index (χ2v) is 5.79. The summed E-state index contributed by atoms with van der Waals surface area (Å²) < 4.78 is 53.8. The number of hydrogen-bond donors (Lipinski definition) is 1. The highest BCUT2D eigenvalue weighted by Gasteiger charge is 2.31. The lowest BCUT2D eigenvalue weighted by molar-refractivity contribution is -0.137. The second kappa shape index (κ2) is 5.61. The first-order valence-electron chi connectivity index (χ1n) is 7.73. The molecular formula is C18H13F4N3. The van der Waals surface area contributed by atoms with Gasteiger partial charge in [-0.25, -0.2) is 9.07 Å². The highest BCUT2D eigenvalue weighted by Crippen LogP contribution is 2.36. The van der Waals surface area contributed by atoms with Gasteiger partial charge in [0.2, 0.25) is 0 Å². The monoisotopic (exact) mass is 347 g/mol. The minimum atomic E-state index is -4.38. The fraction of sp³-hybridized carbons (Fsp3) is 0.167. The highest BCUT2D eigenvalue weighted by atomic mass is 19.4. The molecule has 1 N–H and O–H groups in total. The molecule has 3 nitrogen and oxygen atoms in total. The van der Waals surface area contributed by atoms with Crippen LogP contribution in [0, 0.1) is 5.82 Å². The number of hydrogen-bond acceptors (Lipinski definition) is 2. The van der Waals surface area contributed by atoms with E-state index in [1.807, 2.05) is 0 Å². The molecule has 1 aliphatic heterocycles. The largest absolute Gasteiger partial charge is 0.416 e. The van der Waals surface area contributed by atoms with Crippen molar-refractivity contribution in [1.82, 2.24) is 9.78 Å². The van der Waals surface area contributed by atoms with Gasteiger partial charge in [0.25, 0.3) is 0 Å². The molecular weight excluding hydrogens is 334 g/mol. The molecule has 0 radical (unpaired) electrons. The van der Waals surface area contributed by atoms with Crippen LogP contribution < -0.4 is 5.32 Å². The summed E-state index contributed by atoms with van der Waals surface area (Å²) in [5, 5.41) is 7.63. The van der Waals surface area contributed by atoms with E-state index in [0.717, 1.165) is 17.7 Å². The van der Waals surface area contributed by atoms with E-state index >= 15 is 0 Å². The minimum Gasteiger partial charge on any atom is -0.369 e. The van der Waals surface area contributed by atoms with Crippen molar-refractivity contribution in [2.45, 2.75) is 12.6 Å². The van der Waals surface area contributed by atoms with Crippen molar-refractivity contribution in [2.75, 3.05) is 11.9 Å². The van der Waals surface area contributed by atoms with Crippen molar-refractivity contribution in [3.63, 3.8) is 0 Å². The molecule has 128 valence electrons. The van der Waals surface area contributed by atoms with E-state index < -0.39 is 17.6 Å². The molecule has 1 aliphatic rings. The molecule has 0 amide bonds. The normalized spacial score (nSPS) is 13.6. The van der Waals surface area contributed by atoms with Crippen molar-refractivity contribution in [3.05, 3.63) is 65.5 Å². The fourth-order valence-electron chi connectivity index (χ4n) is 3.02. The van der Waals surface area contributed by atoms with Gasteiger partial charge in [-0.1, -0.05) is 24.3 Å². The van der Waals surface area contributed by atoms with Gasteiger partial charge in [-0.3, -0.25) is 0 Å². The lowest BCUT2D eigenvalue weighted by Gasteiger charge is -2.08. The number of para-hydroxylation sites is 1. The predicted octanol–water partition coefficient (Wildman–Crippen LogP) is 4.67. The molecule has 0 fully saturated rings. The number of nitrogens with zero attached hydrogens (tertiary/aromatic N) is 2. The lowest BCUT2D eigenvalue weighted by Crippen LogP contribution is -2.06. The standard InChI is InChI=1S/C18H13F4N3/c19-14-3-1-2-4-15(14)25-17-13(9-10-23-17)16(24-25)11-5-7-12(8-6-11)18(20,21)22/h1-8,23H,9-10H2.